The number of likely N-dealkylation sites (tertiary alicyclic amines) is 1. The highest BCUT2D eigenvalue weighted by atomic mass is 16.2. The van der Waals surface area contributed by atoms with Crippen molar-refractivity contribution < 1.29 is 19.3 Å². The van der Waals surface area contributed by atoms with E-state index in [2.05, 4.69) is 10.6 Å². The molecule has 1 aliphatic heterocycles. The topological polar surface area (TPSA) is 106 Å². The van der Waals surface area contributed by atoms with Crippen LogP contribution in [0.4, 0.5) is 5.69 Å². The van der Waals surface area contributed by atoms with Crippen molar-refractivity contribution in [3.8, 4) is 0 Å². The van der Waals surface area contributed by atoms with Gasteiger partial charge in [0.05, 0.1) is 30.3 Å². The van der Waals surface area contributed by atoms with Crippen molar-refractivity contribution >= 4 is 23.4 Å². The lowest BCUT2D eigenvalue weighted by atomic mass is 9.97. The minimum absolute atomic E-state index is 0.177. The molecule has 2 aromatic carbocycles. The lowest BCUT2D eigenvalue weighted by molar-refractivity contribution is -0.899. The Morgan fingerprint density at radius 1 is 1.03 bits per heavy atom. The van der Waals surface area contributed by atoms with Crippen LogP contribution in [-0.2, 0) is 16.0 Å². The Morgan fingerprint density at radius 2 is 1.77 bits per heavy atom. The highest BCUT2D eigenvalue weighted by molar-refractivity contribution is 6.03. The first-order chi connectivity index (χ1) is 14.5. The van der Waals surface area contributed by atoms with E-state index >= 15 is 0 Å². The summed E-state index contributed by atoms with van der Waals surface area (Å²) in [5, 5.41) is 5.77. The smallest absolute Gasteiger partial charge is 0.279 e. The minimum Gasteiger partial charge on any atom is -0.369 e. The summed E-state index contributed by atoms with van der Waals surface area (Å²) >= 11 is 0. The van der Waals surface area contributed by atoms with E-state index in [0.717, 1.165) is 36.3 Å². The molecule has 1 fully saturated rings. The lowest BCUT2D eigenvalue weighted by Crippen LogP contribution is -3.14. The molecule has 1 saturated heterocycles. The fraction of sp³-hybridized carbons (Fsp3) is 0.348. The van der Waals surface area contributed by atoms with Crippen LogP contribution in [0.2, 0.25) is 0 Å². The maximum atomic E-state index is 12.6. The van der Waals surface area contributed by atoms with Gasteiger partial charge in [0.15, 0.2) is 6.54 Å². The third kappa shape index (κ3) is 6.15. The van der Waals surface area contributed by atoms with Gasteiger partial charge in [0, 0.05) is 6.54 Å². The van der Waals surface area contributed by atoms with Crippen LogP contribution in [0.1, 0.15) is 28.8 Å². The number of nitrogens with two attached hydrogens (primary N) is 1. The van der Waals surface area contributed by atoms with Crippen LogP contribution in [0.3, 0.4) is 0 Å². The molecule has 0 radical (unpaired) electrons. The summed E-state index contributed by atoms with van der Waals surface area (Å²) in [4.78, 5) is 37.6. The quantitative estimate of drug-likeness (QED) is 0.506. The molecule has 158 valence electrons. The number of para-hydroxylation sites is 1. The number of quaternary nitrogens is 1. The van der Waals surface area contributed by atoms with Gasteiger partial charge in [-0.25, -0.2) is 0 Å². The minimum atomic E-state index is -0.301. The van der Waals surface area contributed by atoms with Gasteiger partial charge in [-0.1, -0.05) is 42.5 Å². The normalized spacial score (nSPS) is 18.4. The predicted octanol–water partition coefficient (Wildman–Crippen LogP) is 0.378. The summed E-state index contributed by atoms with van der Waals surface area (Å²) in [6.07, 6.45) is 2.39. The molecule has 0 saturated carbocycles. The van der Waals surface area contributed by atoms with Gasteiger partial charge in [-0.15, -0.1) is 0 Å². The van der Waals surface area contributed by atoms with Gasteiger partial charge in [-0.05, 0) is 37.0 Å². The van der Waals surface area contributed by atoms with Crippen molar-refractivity contribution in [3.63, 3.8) is 0 Å². The zero-order valence-corrected chi connectivity index (χ0v) is 17.0. The number of amides is 3. The lowest BCUT2D eigenvalue weighted by Gasteiger charge is -2.27. The first kappa shape index (κ1) is 21.5. The van der Waals surface area contributed by atoms with Gasteiger partial charge in [0.1, 0.15) is 0 Å². The average molecular weight is 410 g/mol. The number of benzene rings is 2. The second kappa shape index (κ2) is 10.5. The summed E-state index contributed by atoms with van der Waals surface area (Å²) in [7, 11) is 0. The molecule has 7 nitrogen and oxygen atoms in total. The van der Waals surface area contributed by atoms with Crippen molar-refractivity contribution in [1.82, 2.24) is 5.32 Å². The van der Waals surface area contributed by atoms with E-state index in [1.54, 1.807) is 24.3 Å². The van der Waals surface area contributed by atoms with Gasteiger partial charge in [0.25, 0.3) is 11.8 Å². The molecule has 0 spiro atoms. The molecule has 1 aliphatic rings. The number of anilines is 1. The first-order valence-corrected chi connectivity index (χ1v) is 10.4. The molecule has 5 N–H and O–H groups in total. The molecule has 0 bridgehead atoms. The monoisotopic (exact) mass is 409 g/mol. The Balaban J connectivity index is 1.54. The first-order valence-electron chi connectivity index (χ1n) is 10.4. The number of piperidine rings is 1. The number of carbonyl (C=O) groups excluding carboxylic acids is 3. The van der Waals surface area contributed by atoms with Crippen LogP contribution in [0, 0.1) is 5.92 Å². The van der Waals surface area contributed by atoms with Crippen molar-refractivity contribution in [2.45, 2.75) is 19.3 Å². The molecule has 2 atom stereocenters. The second-order valence-electron chi connectivity index (χ2n) is 7.71. The summed E-state index contributed by atoms with van der Waals surface area (Å²) < 4.78 is 0. The average Bonchev–Trinajstić information content (AvgIpc) is 2.75. The number of hydrogen-bond donors (Lipinski definition) is 4. The van der Waals surface area contributed by atoms with Gasteiger partial charge >= 0.3 is 0 Å². The van der Waals surface area contributed by atoms with E-state index in [1.165, 1.54) is 0 Å². The Morgan fingerprint density at radius 3 is 2.53 bits per heavy atom. The maximum absolute atomic E-state index is 12.6. The summed E-state index contributed by atoms with van der Waals surface area (Å²) in [6.45, 7) is 2.16. The fourth-order valence-corrected chi connectivity index (χ4v) is 3.83. The van der Waals surface area contributed by atoms with Crippen molar-refractivity contribution in [2.24, 2.45) is 11.7 Å². The third-order valence-corrected chi connectivity index (χ3v) is 5.42. The van der Waals surface area contributed by atoms with Crippen LogP contribution >= 0.6 is 0 Å². The molecule has 1 heterocycles. The summed E-state index contributed by atoms with van der Waals surface area (Å²) in [5.41, 5.74) is 7.49. The largest absolute Gasteiger partial charge is 0.369 e. The van der Waals surface area contributed by atoms with Crippen LogP contribution < -0.4 is 21.3 Å². The summed E-state index contributed by atoms with van der Waals surface area (Å²) in [6, 6.07) is 16.9. The van der Waals surface area contributed by atoms with Crippen molar-refractivity contribution in [1.29, 1.82) is 0 Å². The molecule has 3 rings (SSSR count). The van der Waals surface area contributed by atoms with Gasteiger partial charge in [-0.2, -0.15) is 0 Å². The number of carbonyl (C=O) groups is 3. The molecule has 7 heteroatoms. The highest BCUT2D eigenvalue weighted by Gasteiger charge is 2.28. The van der Waals surface area contributed by atoms with E-state index in [4.69, 9.17) is 5.73 Å². The number of hydrogen-bond acceptors (Lipinski definition) is 3. The Kier molecular flexibility index (Phi) is 7.57. The second-order valence-corrected chi connectivity index (χ2v) is 7.71. The Labute approximate surface area is 176 Å². The molecule has 0 aliphatic carbocycles. The van der Waals surface area contributed by atoms with Crippen molar-refractivity contribution in [2.75, 3.05) is 31.5 Å². The number of primary amides is 1. The zero-order chi connectivity index (χ0) is 21.3. The molecule has 30 heavy (non-hydrogen) atoms. The Hall–Kier alpha value is -3.19. The molecule has 0 aromatic heterocycles. The molecular formula is C23H29N4O3+. The maximum Gasteiger partial charge on any atom is 0.279 e. The molecular weight excluding hydrogens is 380 g/mol. The standard InChI is InChI=1S/C23H28N4O3/c24-22(29)18-9-6-14-27(15-18)16-21(28)26-20-11-5-4-10-19(20)23(30)25-13-12-17-7-2-1-3-8-17/h1-5,7-8,10-11,18H,6,9,12-16H2,(H2,24,29)(H,25,30)(H,26,28)/p+1/t18-/m1/s1. The zero-order valence-electron chi connectivity index (χ0n) is 17.0. The third-order valence-electron chi connectivity index (χ3n) is 5.42. The molecule has 2 aromatic rings. The Bertz CT molecular complexity index is 885. The molecule has 1 unspecified atom stereocenters. The summed E-state index contributed by atoms with van der Waals surface area (Å²) in [5.74, 6) is -0.880. The van der Waals surface area contributed by atoms with E-state index in [9.17, 15) is 14.4 Å². The number of nitrogens with one attached hydrogen (secondary N) is 3. The van der Waals surface area contributed by atoms with Crippen LogP contribution in [0.15, 0.2) is 54.6 Å². The number of rotatable bonds is 8. The van der Waals surface area contributed by atoms with Crippen LogP contribution in [0.25, 0.3) is 0 Å². The van der Waals surface area contributed by atoms with E-state index in [1.807, 2.05) is 30.3 Å². The van der Waals surface area contributed by atoms with Crippen LogP contribution in [0.5, 0.6) is 0 Å². The van der Waals surface area contributed by atoms with Crippen molar-refractivity contribution in [3.05, 3.63) is 65.7 Å². The van der Waals surface area contributed by atoms with E-state index < -0.39 is 0 Å². The highest BCUT2D eigenvalue weighted by Crippen LogP contribution is 2.15. The molecule has 3 amide bonds. The fourth-order valence-electron chi connectivity index (χ4n) is 3.83. The van der Waals surface area contributed by atoms with E-state index in [0.29, 0.717) is 24.3 Å². The van der Waals surface area contributed by atoms with Gasteiger partial charge in [0.2, 0.25) is 5.91 Å². The predicted molar refractivity (Wildman–Crippen MR) is 115 cm³/mol. The van der Waals surface area contributed by atoms with Gasteiger partial charge < -0.3 is 21.3 Å². The SMILES string of the molecule is NC(=O)[C@@H]1CCC[NH+](CC(=O)Nc2ccccc2C(=O)NCCc2ccccc2)C1. The van der Waals surface area contributed by atoms with Gasteiger partial charge in [-0.3, -0.25) is 14.4 Å². The van der Waals surface area contributed by atoms with E-state index in [-0.39, 0.29) is 30.2 Å². The van der Waals surface area contributed by atoms with Crippen LogP contribution in [-0.4, -0.2) is 43.9 Å².